The quantitative estimate of drug-likeness (QED) is 0.806. The molecule has 1 aliphatic heterocycles. The largest absolute Gasteiger partial charge is 0.308 e. The topological polar surface area (TPSA) is 57.7 Å². The van der Waals surface area contributed by atoms with Crippen molar-refractivity contribution < 1.29 is 17.6 Å². The van der Waals surface area contributed by atoms with Gasteiger partial charge in [0.2, 0.25) is 10.0 Å². The maximum Gasteiger partial charge on any atom is 0.261 e. The Morgan fingerprint density at radius 3 is 2.54 bits per heavy atom. The molecule has 0 saturated carbocycles. The van der Waals surface area contributed by atoms with Gasteiger partial charge in [0.25, 0.3) is 5.91 Å². The van der Waals surface area contributed by atoms with Crippen molar-refractivity contribution in [2.45, 2.75) is 25.2 Å². The summed E-state index contributed by atoms with van der Waals surface area (Å²) < 4.78 is 41.0. The minimum absolute atomic E-state index is 0.0709. The summed E-state index contributed by atoms with van der Waals surface area (Å²) in [6.07, 6.45) is 0.695. The molecule has 0 unspecified atom stereocenters. The van der Waals surface area contributed by atoms with E-state index in [2.05, 4.69) is 0 Å². The lowest BCUT2D eigenvalue weighted by molar-refractivity contribution is 0.0985. The van der Waals surface area contributed by atoms with E-state index in [4.69, 9.17) is 0 Å². The van der Waals surface area contributed by atoms with Crippen molar-refractivity contribution in [3.05, 3.63) is 59.4 Å². The lowest BCUT2D eigenvalue weighted by Crippen LogP contribution is -2.32. The van der Waals surface area contributed by atoms with Gasteiger partial charge in [-0.1, -0.05) is 32.0 Å². The fourth-order valence-corrected chi connectivity index (χ4v) is 4.72. The van der Waals surface area contributed by atoms with Crippen molar-refractivity contribution in [2.75, 3.05) is 24.5 Å². The zero-order chi connectivity index (χ0) is 18.9. The predicted octanol–water partition coefficient (Wildman–Crippen LogP) is 3.06. The molecule has 0 spiro atoms. The molecule has 1 amide bonds. The summed E-state index contributed by atoms with van der Waals surface area (Å²) in [7, 11) is -3.76. The summed E-state index contributed by atoms with van der Waals surface area (Å²) in [6.45, 7) is 4.53. The van der Waals surface area contributed by atoms with Gasteiger partial charge in [-0.3, -0.25) is 4.79 Å². The summed E-state index contributed by atoms with van der Waals surface area (Å²) in [4.78, 5) is 14.3. The van der Waals surface area contributed by atoms with Gasteiger partial charge >= 0.3 is 0 Å². The van der Waals surface area contributed by atoms with Gasteiger partial charge in [-0.2, -0.15) is 4.31 Å². The molecule has 1 aliphatic rings. The minimum Gasteiger partial charge on any atom is -0.308 e. The summed E-state index contributed by atoms with van der Waals surface area (Å²) in [5.41, 5.74) is 1.54. The molecule has 138 valence electrons. The van der Waals surface area contributed by atoms with Crippen molar-refractivity contribution in [3.8, 4) is 0 Å². The summed E-state index contributed by atoms with van der Waals surface area (Å²) in [6, 6.07) is 10.9. The van der Waals surface area contributed by atoms with E-state index < -0.39 is 21.7 Å². The Bertz CT molecular complexity index is 940. The Labute approximate surface area is 153 Å². The number of amides is 1. The number of halogens is 1. The molecule has 0 bridgehead atoms. The Hall–Kier alpha value is -2.25. The Morgan fingerprint density at radius 2 is 1.85 bits per heavy atom. The van der Waals surface area contributed by atoms with Crippen LogP contribution in [0.1, 0.15) is 29.8 Å². The van der Waals surface area contributed by atoms with E-state index in [1.807, 2.05) is 24.3 Å². The van der Waals surface area contributed by atoms with Crippen molar-refractivity contribution in [1.82, 2.24) is 4.31 Å². The van der Waals surface area contributed by atoms with Crippen molar-refractivity contribution >= 4 is 21.6 Å². The SMILES string of the molecule is CCN(CC)S(=O)(=O)c1ccc(F)c(C(=O)N2CCc3ccccc32)c1. The number of hydrogen-bond acceptors (Lipinski definition) is 3. The van der Waals surface area contributed by atoms with Gasteiger partial charge in [-0.25, -0.2) is 12.8 Å². The van der Waals surface area contributed by atoms with E-state index in [9.17, 15) is 17.6 Å². The van der Waals surface area contributed by atoms with E-state index in [0.29, 0.717) is 26.1 Å². The highest BCUT2D eigenvalue weighted by Crippen LogP contribution is 2.30. The van der Waals surface area contributed by atoms with Gasteiger partial charge in [0.05, 0.1) is 10.5 Å². The molecule has 0 saturated heterocycles. The number of fused-ring (bicyclic) bond motifs is 1. The van der Waals surface area contributed by atoms with Crippen molar-refractivity contribution in [2.24, 2.45) is 0 Å². The molecule has 5 nitrogen and oxygen atoms in total. The molecule has 2 aromatic carbocycles. The second-order valence-electron chi connectivity index (χ2n) is 6.07. The Balaban J connectivity index is 2.00. The molecule has 0 N–H and O–H groups in total. The first kappa shape index (κ1) is 18.5. The number of hydrogen-bond donors (Lipinski definition) is 0. The summed E-state index contributed by atoms with van der Waals surface area (Å²) in [5.74, 6) is -1.25. The molecule has 0 atom stereocenters. The van der Waals surface area contributed by atoms with Crippen LogP contribution in [0.4, 0.5) is 10.1 Å². The Kier molecular flexibility index (Phi) is 5.11. The van der Waals surface area contributed by atoms with E-state index in [1.165, 1.54) is 15.3 Å². The van der Waals surface area contributed by atoms with Crippen LogP contribution in [0.2, 0.25) is 0 Å². The maximum absolute atomic E-state index is 14.3. The Morgan fingerprint density at radius 1 is 1.15 bits per heavy atom. The van der Waals surface area contributed by atoms with Crippen LogP contribution in [-0.2, 0) is 16.4 Å². The monoisotopic (exact) mass is 376 g/mol. The molecule has 26 heavy (non-hydrogen) atoms. The number of para-hydroxylation sites is 1. The molecule has 0 radical (unpaired) electrons. The van der Waals surface area contributed by atoms with Gasteiger partial charge in [-0.05, 0) is 36.2 Å². The van der Waals surface area contributed by atoms with E-state index in [-0.39, 0.29) is 10.5 Å². The van der Waals surface area contributed by atoms with Crippen LogP contribution in [0.25, 0.3) is 0 Å². The number of anilines is 1. The molecule has 7 heteroatoms. The smallest absolute Gasteiger partial charge is 0.261 e. The third kappa shape index (κ3) is 3.12. The highest BCUT2D eigenvalue weighted by atomic mass is 32.2. The molecule has 0 aromatic heterocycles. The van der Waals surface area contributed by atoms with Gasteiger partial charge in [0.1, 0.15) is 5.82 Å². The highest BCUT2D eigenvalue weighted by molar-refractivity contribution is 7.89. The van der Waals surface area contributed by atoms with Crippen LogP contribution in [0.15, 0.2) is 47.4 Å². The molecule has 0 fully saturated rings. The lowest BCUT2D eigenvalue weighted by Gasteiger charge is -2.20. The van der Waals surface area contributed by atoms with Gasteiger partial charge < -0.3 is 4.90 Å². The summed E-state index contributed by atoms with van der Waals surface area (Å²) >= 11 is 0. The number of carbonyl (C=O) groups excluding carboxylic acids is 1. The molecule has 2 aromatic rings. The second-order valence-corrected chi connectivity index (χ2v) is 8.00. The van der Waals surface area contributed by atoms with Gasteiger partial charge in [0, 0.05) is 25.3 Å². The number of carbonyl (C=O) groups is 1. The minimum atomic E-state index is -3.76. The predicted molar refractivity (Wildman–Crippen MR) is 98.3 cm³/mol. The molecular weight excluding hydrogens is 355 g/mol. The van der Waals surface area contributed by atoms with Crippen LogP contribution in [0.5, 0.6) is 0 Å². The zero-order valence-electron chi connectivity index (χ0n) is 14.8. The first-order valence-electron chi connectivity index (χ1n) is 8.59. The fourth-order valence-electron chi connectivity index (χ4n) is 3.24. The average molecular weight is 376 g/mol. The number of benzene rings is 2. The average Bonchev–Trinajstić information content (AvgIpc) is 3.06. The number of sulfonamides is 1. The van der Waals surface area contributed by atoms with Crippen molar-refractivity contribution in [1.29, 1.82) is 0 Å². The van der Waals surface area contributed by atoms with E-state index in [0.717, 1.165) is 23.4 Å². The lowest BCUT2D eigenvalue weighted by atomic mass is 10.1. The molecular formula is C19H21FN2O3S. The number of nitrogens with zero attached hydrogens (tertiary/aromatic N) is 2. The third-order valence-corrected chi connectivity index (χ3v) is 6.69. The highest BCUT2D eigenvalue weighted by Gasteiger charge is 2.29. The van der Waals surface area contributed by atoms with Crippen LogP contribution < -0.4 is 4.90 Å². The van der Waals surface area contributed by atoms with Crippen molar-refractivity contribution in [3.63, 3.8) is 0 Å². The molecule has 3 rings (SSSR count). The van der Waals surface area contributed by atoms with Gasteiger partial charge in [0.15, 0.2) is 0 Å². The van der Waals surface area contributed by atoms with E-state index in [1.54, 1.807) is 13.8 Å². The fraction of sp³-hybridized carbons (Fsp3) is 0.316. The van der Waals surface area contributed by atoms with E-state index >= 15 is 0 Å². The standard InChI is InChI=1S/C19H21FN2O3S/c1-3-21(4-2)26(24,25)15-9-10-17(20)16(13-15)19(23)22-12-11-14-7-5-6-8-18(14)22/h5-10,13H,3-4,11-12H2,1-2H3. The number of rotatable bonds is 5. The first-order chi connectivity index (χ1) is 12.4. The van der Waals surface area contributed by atoms with Crippen LogP contribution in [0.3, 0.4) is 0 Å². The zero-order valence-corrected chi connectivity index (χ0v) is 15.6. The summed E-state index contributed by atoms with van der Waals surface area (Å²) in [5, 5.41) is 0. The third-order valence-electron chi connectivity index (χ3n) is 4.64. The van der Waals surface area contributed by atoms with Crippen LogP contribution >= 0.6 is 0 Å². The maximum atomic E-state index is 14.3. The molecule has 0 aliphatic carbocycles. The van der Waals surface area contributed by atoms with Gasteiger partial charge in [-0.15, -0.1) is 0 Å². The normalized spacial score (nSPS) is 13.9. The molecule has 1 heterocycles. The van der Waals surface area contributed by atoms with Crippen LogP contribution in [0, 0.1) is 5.82 Å². The van der Waals surface area contributed by atoms with Crippen LogP contribution in [-0.4, -0.2) is 38.3 Å². The second kappa shape index (κ2) is 7.17. The first-order valence-corrected chi connectivity index (χ1v) is 10.0.